The van der Waals surface area contributed by atoms with E-state index < -0.39 is 44.0 Å². The molecule has 0 saturated carbocycles. The Morgan fingerprint density at radius 2 is 1.02 bits per heavy atom. The van der Waals surface area contributed by atoms with E-state index in [9.17, 15) is 30.5 Å². The second kappa shape index (κ2) is 16.3. The molecule has 0 aliphatic carbocycles. The fourth-order valence-corrected chi connectivity index (χ4v) is 6.98. The summed E-state index contributed by atoms with van der Waals surface area (Å²) in [6.45, 7) is 1.71. The maximum atomic E-state index is 13.7. The molecule has 0 fully saturated rings. The van der Waals surface area contributed by atoms with E-state index in [1.54, 1.807) is 12.1 Å². The van der Waals surface area contributed by atoms with Crippen molar-refractivity contribution < 1.29 is 40.0 Å². The normalized spacial score (nSPS) is 11.1. The van der Waals surface area contributed by atoms with Crippen LogP contribution in [0.5, 0.6) is 11.5 Å². The molecule has 0 atom stereocenters. The third kappa shape index (κ3) is 8.90. The van der Waals surface area contributed by atoms with E-state index in [0.29, 0.717) is 5.75 Å². The van der Waals surface area contributed by atoms with E-state index in [2.05, 4.69) is 95.7 Å². The van der Waals surface area contributed by atoms with Gasteiger partial charge in [-0.2, -0.15) is 8.78 Å². The van der Waals surface area contributed by atoms with Gasteiger partial charge in [0.2, 0.25) is 11.6 Å². The summed E-state index contributed by atoms with van der Waals surface area (Å²) < 4.78 is 96.9. The lowest BCUT2D eigenvalue weighted by atomic mass is 10.2. The quantitative estimate of drug-likeness (QED) is 0.0465. The van der Waals surface area contributed by atoms with Crippen molar-refractivity contribution in [3.8, 4) is 11.5 Å². The molecule has 240 valence electrons. The van der Waals surface area contributed by atoms with Gasteiger partial charge in [0.15, 0.2) is 32.1 Å². The van der Waals surface area contributed by atoms with Crippen LogP contribution in [-0.2, 0) is 27.4 Å². The molecule has 0 saturated heterocycles. The summed E-state index contributed by atoms with van der Waals surface area (Å²) in [7, 11) is -5.76. The predicted octanol–water partition coefficient (Wildman–Crippen LogP) is 8.34. The monoisotopic (exact) mass is 670 g/mol. The minimum absolute atomic E-state index is 0.0146. The zero-order valence-electron chi connectivity index (χ0n) is 24.7. The number of halogens is 4. The van der Waals surface area contributed by atoms with Gasteiger partial charge in [-0.3, -0.25) is 0 Å². The summed E-state index contributed by atoms with van der Waals surface area (Å²) in [6.07, 6.45) is 0.976. The van der Waals surface area contributed by atoms with Gasteiger partial charge in [0.25, 0.3) is 0 Å². The lowest BCUT2D eigenvalue weighted by molar-refractivity contribution is 0.226. The average molecular weight is 671 g/mol. The average Bonchev–Trinajstić information content (AvgIpc) is 3.07. The molecule has 5 aromatic rings. The highest BCUT2D eigenvalue weighted by molar-refractivity contribution is 7.97. The summed E-state index contributed by atoms with van der Waals surface area (Å²) in [5, 5.41) is 0. The van der Waals surface area contributed by atoms with Gasteiger partial charge in [-0.25, -0.2) is 17.2 Å². The molecule has 46 heavy (non-hydrogen) atoms. The van der Waals surface area contributed by atoms with Crippen LogP contribution in [0.2, 0.25) is 0 Å². The second-order valence-corrected chi connectivity index (χ2v) is 13.0. The Hall–Kier alpha value is -4.32. The van der Waals surface area contributed by atoms with Gasteiger partial charge in [0.1, 0.15) is 20.8 Å². The van der Waals surface area contributed by atoms with Crippen LogP contribution in [0.25, 0.3) is 0 Å². The first-order valence-corrected chi connectivity index (χ1v) is 16.8. The van der Waals surface area contributed by atoms with Gasteiger partial charge >= 0.3 is 0 Å². The van der Waals surface area contributed by atoms with Crippen molar-refractivity contribution in [3.05, 3.63) is 144 Å². The van der Waals surface area contributed by atoms with Crippen molar-refractivity contribution in [2.45, 2.75) is 39.3 Å². The topological polar surface area (TPSA) is 75.7 Å². The van der Waals surface area contributed by atoms with Crippen LogP contribution in [-0.4, -0.2) is 26.2 Å². The maximum absolute atomic E-state index is 13.7. The Morgan fingerprint density at radius 3 is 1.41 bits per heavy atom. The molecular formula is C35H30F4O5S2. The number of hydrogen-bond acceptors (Lipinski definition) is 5. The number of ether oxygens (including phenoxy) is 2. The van der Waals surface area contributed by atoms with Crippen molar-refractivity contribution in [3.63, 3.8) is 0 Å². The molecule has 0 bridgehead atoms. The highest BCUT2D eigenvalue weighted by Crippen LogP contribution is 2.33. The van der Waals surface area contributed by atoms with Crippen LogP contribution in [0.1, 0.15) is 18.9 Å². The summed E-state index contributed by atoms with van der Waals surface area (Å²) in [6, 6.07) is 39.4. The minimum atomic E-state index is -5.75. The number of aryl methyl sites for hydroxylation is 1. The summed E-state index contributed by atoms with van der Waals surface area (Å²) >= 11 is 0. The number of hydrogen-bond donors (Lipinski definition) is 0. The lowest BCUT2D eigenvalue weighted by Crippen LogP contribution is -2.13. The molecule has 0 N–H and O–H groups in total. The Morgan fingerprint density at radius 1 is 0.609 bits per heavy atom. The minimum Gasteiger partial charge on any atom is -0.744 e. The first-order chi connectivity index (χ1) is 22.1. The van der Waals surface area contributed by atoms with Crippen LogP contribution in [0, 0.1) is 23.3 Å². The smallest absolute Gasteiger partial charge is 0.205 e. The van der Waals surface area contributed by atoms with Gasteiger partial charge in [0, 0.05) is 6.42 Å². The zero-order valence-corrected chi connectivity index (χ0v) is 26.3. The van der Waals surface area contributed by atoms with E-state index >= 15 is 0 Å². The third-order valence-corrected chi connectivity index (χ3v) is 9.59. The van der Waals surface area contributed by atoms with E-state index in [1.807, 2.05) is 19.1 Å². The van der Waals surface area contributed by atoms with Crippen molar-refractivity contribution in [2.24, 2.45) is 0 Å². The molecule has 0 aliphatic heterocycles. The van der Waals surface area contributed by atoms with E-state index in [1.165, 1.54) is 14.7 Å². The summed E-state index contributed by atoms with van der Waals surface area (Å²) in [4.78, 5) is 1.86. The first kappa shape index (κ1) is 34.6. The van der Waals surface area contributed by atoms with Crippen LogP contribution in [0.4, 0.5) is 17.6 Å². The molecule has 0 amide bonds. The highest BCUT2D eigenvalue weighted by atomic mass is 32.2. The molecule has 5 aromatic carbocycles. The molecule has 0 heterocycles. The summed E-state index contributed by atoms with van der Waals surface area (Å²) in [5.41, 5.74) is 1.12. The van der Waals surface area contributed by atoms with Gasteiger partial charge in [-0.15, -0.1) is 0 Å². The predicted molar refractivity (Wildman–Crippen MR) is 167 cm³/mol. The molecule has 0 unspecified atom stereocenters. The van der Waals surface area contributed by atoms with Gasteiger partial charge < -0.3 is 14.0 Å². The lowest BCUT2D eigenvalue weighted by Gasteiger charge is -2.14. The third-order valence-electron chi connectivity index (χ3n) is 6.50. The molecule has 0 radical (unpaired) electrons. The van der Waals surface area contributed by atoms with E-state index in [4.69, 9.17) is 4.74 Å². The fourth-order valence-electron chi connectivity index (χ4n) is 4.26. The van der Waals surface area contributed by atoms with Gasteiger partial charge in [0.05, 0.1) is 24.1 Å². The Labute approximate surface area is 268 Å². The maximum Gasteiger partial charge on any atom is 0.205 e. The second-order valence-electron chi connectivity index (χ2n) is 9.66. The van der Waals surface area contributed by atoms with E-state index in [0.717, 1.165) is 12.0 Å². The van der Waals surface area contributed by atoms with Gasteiger partial charge in [-0.1, -0.05) is 73.7 Å². The molecular weight excluding hydrogens is 641 g/mol. The van der Waals surface area contributed by atoms with Crippen LogP contribution in [0.3, 0.4) is 0 Å². The van der Waals surface area contributed by atoms with Crippen LogP contribution in [0.15, 0.2) is 135 Å². The van der Waals surface area contributed by atoms with Gasteiger partial charge in [-0.05, 0) is 60.5 Å². The molecule has 5 rings (SSSR count). The van der Waals surface area contributed by atoms with Crippen molar-refractivity contribution >= 4 is 21.0 Å². The first-order valence-electron chi connectivity index (χ1n) is 14.2. The molecule has 0 aliphatic rings. The largest absolute Gasteiger partial charge is 0.744 e. The molecule has 11 heteroatoms. The van der Waals surface area contributed by atoms with Crippen molar-refractivity contribution in [1.82, 2.24) is 0 Å². The Kier molecular flexibility index (Phi) is 12.2. The SMILES string of the molecule is CCc1ccc(OCCCOc2c(F)c(F)c(S(=O)(=O)[O-])c(F)c2F)cc1.c1ccc([S+](c2ccccc2)c2ccccc2)cc1. The van der Waals surface area contributed by atoms with Crippen molar-refractivity contribution in [2.75, 3.05) is 13.2 Å². The van der Waals surface area contributed by atoms with E-state index in [-0.39, 0.29) is 30.5 Å². The summed E-state index contributed by atoms with van der Waals surface area (Å²) in [5.74, 6) is -9.73. The van der Waals surface area contributed by atoms with Crippen LogP contribution >= 0.6 is 0 Å². The molecule has 0 spiro atoms. The highest BCUT2D eigenvalue weighted by Gasteiger charge is 2.30. The zero-order chi connectivity index (χ0) is 33.1. The Bertz CT molecular complexity index is 1680. The van der Waals surface area contributed by atoms with Crippen molar-refractivity contribution in [1.29, 1.82) is 0 Å². The molecule has 5 nitrogen and oxygen atoms in total. The fraction of sp³-hybridized carbons (Fsp3) is 0.143. The Balaban J connectivity index is 0.000000221. The van der Waals surface area contributed by atoms with Crippen LogP contribution < -0.4 is 9.47 Å². The standard InChI is InChI=1S/C18H15S.C17H16F4O5S/c1-4-10-16(11-5-1)19(17-12-6-2-7-13-17)18-14-8-3-9-15-18;1-2-10-4-6-11(7-5-10)25-8-3-9-26-16-12(18)14(20)17(27(22,23)24)15(21)13(16)19/h1-15H;4-7H,2-3,8-9H2,1H3,(H,22,23,24)/q+1;/p-1. The number of rotatable bonds is 11. The number of benzene rings is 5. The molecule has 0 aromatic heterocycles.